The van der Waals surface area contributed by atoms with Gasteiger partial charge in [0.1, 0.15) is 5.92 Å². The molecule has 4 nitrogen and oxygen atoms in total. The van der Waals surface area contributed by atoms with Crippen molar-refractivity contribution in [2.24, 2.45) is 17.6 Å². The maximum atomic E-state index is 11.9. The number of unbranched alkanes of at least 4 members (excludes halogenated alkanes) is 9. The van der Waals surface area contributed by atoms with Crippen LogP contribution in [0.1, 0.15) is 91.4 Å². The van der Waals surface area contributed by atoms with E-state index >= 15 is 0 Å². The molecular weight excluding hydrogens is 290 g/mol. The van der Waals surface area contributed by atoms with Gasteiger partial charge >= 0.3 is 5.97 Å². The van der Waals surface area contributed by atoms with Gasteiger partial charge in [0.2, 0.25) is 5.91 Å². The Balaban J connectivity index is 3.56. The zero-order valence-electron chi connectivity index (χ0n) is 15.4. The zero-order chi connectivity index (χ0) is 17.5. The molecule has 23 heavy (non-hydrogen) atoms. The van der Waals surface area contributed by atoms with E-state index in [2.05, 4.69) is 6.92 Å². The van der Waals surface area contributed by atoms with Gasteiger partial charge in [-0.25, -0.2) is 0 Å². The van der Waals surface area contributed by atoms with Crippen LogP contribution in [0.2, 0.25) is 0 Å². The van der Waals surface area contributed by atoms with Gasteiger partial charge in [-0.2, -0.15) is 0 Å². The standard InChI is InChI=1S/C19H37NO3/c1-4-5-6-7-8-9-10-11-12-13-14-23-19(22)17(18(20)21)15-16(2)3/h16-17H,4-15H2,1-3H3,(H2,20,21). The summed E-state index contributed by atoms with van der Waals surface area (Å²) < 4.78 is 5.20. The van der Waals surface area contributed by atoms with Gasteiger partial charge in [0.15, 0.2) is 0 Å². The first-order chi connectivity index (χ1) is 11.0. The second-order valence-electron chi connectivity index (χ2n) is 6.93. The molecule has 0 aliphatic carbocycles. The molecule has 1 amide bonds. The molecule has 0 aliphatic heterocycles. The average molecular weight is 328 g/mol. The van der Waals surface area contributed by atoms with E-state index in [4.69, 9.17) is 10.5 Å². The number of hydrogen-bond donors (Lipinski definition) is 1. The molecule has 0 spiro atoms. The molecule has 0 aliphatic rings. The summed E-state index contributed by atoms with van der Waals surface area (Å²) in [6, 6.07) is 0. The van der Waals surface area contributed by atoms with E-state index in [1.165, 1.54) is 51.4 Å². The van der Waals surface area contributed by atoms with Crippen LogP contribution in [0.3, 0.4) is 0 Å². The van der Waals surface area contributed by atoms with Crippen LogP contribution in [0.15, 0.2) is 0 Å². The largest absolute Gasteiger partial charge is 0.465 e. The van der Waals surface area contributed by atoms with Crippen LogP contribution in [-0.2, 0) is 14.3 Å². The number of ether oxygens (including phenoxy) is 1. The minimum atomic E-state index is -0.793. The summed E-state index contributed by atoms with van der Waals surface area (Å²) >= 11 is 0. The molecule has 0 aromatic carbocycles. The van der Waals surface area contributed by atoms with Crippen molar-refractivity contribution < 1.29 is 14.3 Å². The molecule has 0 fully saturated rings. The minimum Gasteiger partial charge on any atom is -0.465 e. The molecule has 2 N–H and O–H groups in total. The van der Waals surface area contributed by atoms with Crippen LogP contribution in [0.5, 0.6) is 0 Å². The summed E-state index contributed by atoms with van der Waals surface area (Å²) in [5.74, 6) is -1.58. The predicted molar refractivity (Wildman–Crippen MR) is 94.9 cm³/mol. The third-order valence-corrected chi connectivity index (χ3v) is 4.08. The Bertz CT molecular complexity index is 316. The molecule has 0 radical (unpaired) electrons. The smallest absolute Gasteiger partial charge is 0.318 e. The topological polar surface area (TPSA) is 69.4 Å². The molecule has 0 heterocycles. The molecule has 0 saturated heterocycles. The van der Waals surface area contributed by atoms with Crippen molar-refractivity contribution >= 4 is 11.9 Å². The number of nitrogens with two attached hydrogens (primary N) is 1. The first-order valence-electron chi connectivity index (χ1n) is 9.45. The number of primary amides is 1. The van der Waals surface area contributed by atoms with Crippen molar-refractivity contribution in [2.45, 2.75) is 91.4 Å². The van der Waals surface area contributed by atoms with Crippen molar-refractivity contribution in [3.05, 3.63) is 0 Å². The number of hydrogen-bond acceptors (Lipinski definition) is 3. The predicted octanol–water partition coefficient (Wildman–Crippen LogP) is 4.60. The summed E-state index contributed by atoms with van der Waals surface area (Å²) in [6.45, 7) is 6.56. The summed E-state index contributed by atoms with van der Waals surface area (Å²) in [6.07, 6.45) is 12.9. The first-order valence-corrected chi connectivity index (χ1v) is 9.45. The average Bonchev–Trinajstić information content (AvgIpc) is 2.49. The Morgan fingerprint density at radius 2 is 1.35 bits per heavy atom. The number of carbonyl (C=O) groups is 2. The first kappa shape index (κ1) is 21.9. The number of carbonyl (C=O) groups excluding carboxylic acids is 2. The van der Waals surface area contributed by atoms with E-state index in [-0.39, 0.29) is 5.92 Å². The fourth-order valence-electron chi connectivity index (χ4n) is 2.66. The summed E-state index contributed by atoms with van der Waals surface area (Å²) in [4.78, 5) is 23.2. The molecule has 136 valence electrons. The normalized spacial score (nSPS) is 12.3. The third kappa shape index (κ3) is 13.1. The van der Waals surface area contributed by atoms with Crippen molar-refractivity contribution in [3.8, 4) is 0 Å². The number of rotatable bonds is 15. The Labute approximate surface area is 142 Å². The van der Waals surface area contributed by atoms with Crippen molar-refractivity contribution in [3.63, 3.8) is 0 Å². The van der Waals surface area contributed by atoms with Gasteiger partial charge in [0.25, 0.3) is 0 Å². The lowest BCUT2D eigenvalue weighted by Crippen LogP contribution is -2.33. The maximum absolute atomic E-state index is 11.9. The highest BCUT2D eigenvalue weighted by Gasteiger charge is 2.26. The quantitative estimate of drug-likeness (QED) is 0.271. The van der Waals surface area contributed by atoms with Gasteiger partial charge in [-0.3, -0.25) is 9.59 Å². The van der Waals surface area contributed by atoms with Crippen molar-refractivity contribution in [1.29, 1.82) is 0 Å². The van der Waals surface area contributed by atoms with Crippen molar-refractivity contribution in [1.82, 2.24) is 0 Å². The number of esters is 1. The Morgan fingerprint density at radius 1 is 0.870 bits per heavy atom. The molecule has 0 saturated carbocycles. The Hall–Kier alpha value is -1.06. The van der Waals surface area contributed by atoms with Gasteiger partial charge in [-0.05, 0) is 18.8 Å². The molecule has 0 aromatic heterocycles. The molecule has 0 aromatic rings. The van der Waals surface area contributed by atoms with Crippen LogP contribution < -0.4 is 5.73 Å². The van der Waals surface area contributed by atoms with E-state index in [1.807, 2.05) is 13.8 Å². The van der Waals surface area contributed by atoms with E-state index in [1.54, 1.807) is 0 Å². The molecular formula is C19H37NO3. The van der Waals surface area contributed by atoms with Crippen molar-refractivity contribution in [2.75, 3.05) is 6.61 Å². The second-order valence-corrected chi connectivity index (χ2v) is 6.93. The van der Waals surface area contributed by atoms with Crippen LogP contribution >= 0.6 is 0 Å². The number of amides is 1. The highest BCUT2D eigenvalue weighted by atomic mass is 16.5. The molecule has 4 heteroatoms. The monoisotopic (exact) mass is 327 g/mol. The van der Waals surface area contributed by atoms with Gasteiger partial charge in [0.05, 0.1) is 6.61 Å². The lowest BCUT2D eigenvalue weighted by Gasteiger charge is -2.14. The highest BCUT2D eigenvalue weighted by molar-refractivity contribution is 5.96. The SMILES string of the molecule is CCCCCCCCCCCCOC(=O)C(CC(C)C)C(N)=O. The van der Waals surface area contributed by atoms with E-state index in [0.29, 0.717) is 13.0 Å². The van der Waals surface area contributed by atoms with Crippen LogP contribution in [0.25, 0.3) is 0 Å². The fourth-order valence-corrected chi connectivity index (χ4v) is 2.66. The van der Waals surface area contributed by atoms with Gasteiger partial charge < -0.3 is 10.5 Å². The van der Waals surface area contributed by atoms with Gasteiger partial charge in [0, 0.05) is 0 Å². The van der Waals surface area contributed by atoms with E-state index < -0.39 is 17.8 Å². The van der Waals surface area contributed by atoms with Gasteiger partial charge in [-0.15, -0.1) is 0 Å². The van der Waals surface area contributed by atoms with Crippen LogP contribution in [-0.4, -0.2) is 18.5 Å². The third-order valence-electron chi connectivity index (χ3n) is 4.08. The summed E-state index contributed by atoms with van der Waals surface area (Å²) in [5.41, 5.74) is 5.27. The molecule has 1 atom stereocenters. The molecule has 1 unspecified atom stereocenters. The lowest BCUT2D eigenvalue weighted by atomic mass is 9.97. The zero-order valence-corrected chi connectivity index (χ0v) is 15.4. The molecule has 0 rings (SSSR count). The van der Waals surface area contributed by atoms with Crippen LogP contribution in [0, 0.1) is 11.8 Å². The second kappa shape index (κ2) is 14.5. The maximum Gasteiger partial charge on any atom is 0.318 e. The Morgan fingerprint density at radius 3 is 1.78 bits per heavy atom. The minimum absolute atomic E-state index is 0.248. The van der Waals surface area contributed by atoms with E-state index in [9.17, 15) is 9.59 Å². The summed E-state index contributed by atoms with van der Waals surface area (Å²) in [7, 11) is 0. The Kier molecular flexibility index (Phi) is 13.9. The van der Waals surface area contributed by atoms with E-state index in [0.717, 1.165) is 12.8 Å². The summed E-state index contributed by atoms with van der Waals surface area (Å²) in [5, 5.41) is 0. The lowest BCUT2D eigenvalue weighted by molar-refractivity contribution is -0.152. The molecule has 0 bridgehead atoms. The highest BCUT2D eigenvalue weighted by Crippen LogP contribution is 2.14. The van der Waals surface area contributed by atoms with Gasteiger partial charge in [-0.1, -0.05) is 78.6 Å². The fraction of sp³-hybridized carbons (Fsp3) is 0.895. The van der Waals surface area contributed by atoms with Crippen LogP contribution in [0.4, 0.5) is 0 Å².